The second-order valence-corrected chi connectivity index (χ2v) is 6.39. The van der Waals surface area contributed by atoms with Crippen molar-refractivity contribution in [1.82, 2.24) is 10.2 Å². The van der Waals surface area contributed by atoms with Crippen LogP contribution < -0.4 is 5.32 Å². The maximum atomic E-state index is 13.3. The van der Waals surface area contributed by atoms with Gasteiger partial charge in [0.05, 0.1) is 0 Å². The lowest BCUT2D eigenvalue weighted by Gasteiger charge is -2.40. The first-order valence-corrected chi connectivity index (χ1v) is 7.68. The van der Waals surface area contributed by atoms with Crippen molar-refractivity contribution in [1.29, 1.82) is 0 Å². The third-order valence-corrected chi connectivity index (χ3v) is 4.35. The van der Waals surface area contributed by atoms with Gasteiger partial charge in [-0.3, -0.25) is 4.90 Å². The SMILES string of the molecule is Cc1cc(F)ccc1C1C(CNC(C)C)CCCN1C. The zero-order valence-electron chi connectivity index (χ0n) is 13.1. The molecule has 20 heavy (non-hydrogen) atoms. The van der Waals surface area contributed by atoms with E-state index >= 15 is 0 Å². The number of likely N-dealkylation sites (tertiary alicyclic amines) is 1. The molecule has 2 rings (SSSR count). The van der Waals surface area contributed by atoms with Gasteiger partial charge >= 0.3 is 0 Å². The van der Waals surface area contributed by atoms with Gasteiger partial charge in [0.2, 0.25) is 0 Å². The Kier molecular flexibility index (Phi) is 5.17. The van der Waals surface area contributed by atoms with Crippen LogP contribution in [-0.4, -0.2) is 31.1 Å². The van der Waals surface area contributed by atoms with E-state index in [2.05, 4.69) is 31.1 Å². The average molecular weight is 278 g/mol. The molecule has 0 amide bonds. The number of benzene rings is 1. The number of piperidine rings is 1. The van der Waals surface area contributed by atoms with E-state index in [0.29, 0.717) is 18.0 Å². The van der Waals surface area contributed by atoms with Gasteiger partial charge in [0.15, 0.2) is 0 Å². The van der Waals surface area contributed by atoms with E-state index in [-0.39, 0.29) is 5.82 Å². The van der Waals surface area contributed by atoms with Gasteiger partial charge in [-0.15, -0.1) is 0 Å². The molecule has 0 spiro atoms. The number of nitrogens with zero attached hydrogens (tertiary/aromatic N) is 1. The molecule has 2 atom stereocenters. The minimum Gasteiger partial charge on any atom is -0.314 e. The van der Waals surface area contributed by atoms with Gasteiger partial charge in [-0.2, -0.15) is 0 Å². The lowest BCUT2D eigenvalue weighted by atomic mass is 9.83. The first kappa shape index (κ1) is 15.5. The summed E-state index contributed by atoms with van der Waals surface area (Å²) in [5, 5.41) is 3.57. The zero-order valence-corrected chi connectivity index (χ0v) is 13.1. The fourth-order valence-corrected chi connectivity index (χ4v) is 3.32. The largest absolute Gasteiger partial charge is 0.314 e. The Labute approximate surface area is 122 Å². The van der Waals surface area contributed by atoms with Crippen LogP contribution in [0.4, 0.5) is 4.39 Å². The van der Waals surface area contributed by atoms with Crippen molar-refractivity contribution < 1.29 is 4.39 Å². The second kappa shape index (κ2) is 6.68. The van der Waals surface area contributed by atoms with Crippen LogP contribution in [0.2, 0.25) is 0 Å². The Morgan fingerprint density at radius 1 is 1.40 bits per heavy atom. The third-order valence-electron chi connectivity index (χ3n) is 4.35. The Morgan fingerprint density at radius 2 is 2.15 bits per heavy atom. The third kappa shape index (κ3) is 3.58. The Bertz CT molecular complexity index is 445. The molecule has 1 aliphatic rings. The van der Waals surface area contributed by atoms with Crippen molar-refractivity contribution in [3.8, 4) is 0 Å². The summed E-state index contributed by atoms with van der Waals surface area (Å²) in [4.78, 5) is 2.43. The lowest BCUT2D eigenvalue weighted by Crippen LogP contribution is -2.42. The lowest BCUT2D eigenvalue weighted by molar-refractivity contribution is 0.117. The first-order chi connectivity index (χ1) is 9.49. The van der Waals surface area contributed by atoms with Crippen LogP contribution in [0.15, 0.2) is 18.2 Å². The van der Waals surface area contributed by atoms with Crippen LogP contribution in [0.3, 0.4) is 0 Å². The standard InChI is InChI=1S/C17H27FN2/c1-12(2)19-11-14-6-5-9-20(4)17(14)16-8-7-15(18)10-13(16)3/h7-8,10,12,14,17,19H,5-6,9,11H2,1-4H3. The maximum Gasteiger partial charge on any atom is 0.123 e. The van der Waals surface area contributed by atoms with E-state index in [4.69, 9.17) is 0 Å². The van der Waals surface area contributed by atoms with E-state index in [1.807, 2.05) is 13.0 Å². The van der Waals surface area contributed by atoms with Gasteiger partial charge in [0.1, 0.15) is 5.82 Å². The topological polar surface area (TPSA) is 15.3 Å². The van der Waals surface area contributed by atoms with Crippen molar-refractivity contribution in [2.45, 2.75) is 45.7 Å². The van der Waals surface area contributed by atoms with Crippen molar-refractivity contribution in [2.24, 2.45) is 5.92 Å². The summed E-state index contributed by atoms with van der Waals surface area (Å²) < 4.78 is 13.3. The first-order valence-electron chi connectivity index (χ1n) is 7.68. The van der Waals surface area contributed by atoms with Gasteiger partial charge < -0.3 is 5.32 Å². The molecule has 112 valence electrons. The summed E-state index contributed by atoms with van der Waals surface area (Å²) in [6, 6.07) is 6.13. The molecule has 1 heterocycles. The van der Waals surface area contributed by atoms with Crippen LogP contribution in [0.5, 0.6) is 0 Å². The molecule has 1 fully saturated rings. The molecule has 0 bridgehead atoms. The average Bonchev–Trinajstić information content (AvgIpc) is 2.37. The molecule has 0 radical (unpaired) electrons. The molecule has 1 aromatic rings. The summed E-state index contributed by atoms with van der Waals surface area (Å²) in [6.45, 7) is 8.55. The fourth-order valence-electron chi connectivity index (χ4n) is 3.32. The summed E-state index contributed by atoms with van der Waals surface area (Å²) in [5.41, 5.74) is 2.35. The molecule has 1 N–H and O–H groups in total. The quantitative estimate of drug-likeness (QED) is 0.906. The van der Waals surface area contributed by atoms with Gasteiger partial charge in [0, 0.05) is 18.6 Å². The van der Waals surface area contributed by atoms with Gasteiger partial charge in [-0.1, -0.05) is 19.9 Å². The molecular formula is C17H27FN2. The maximum absolute atomic E-state index is 13.3. The monoisotopic (exact) mass is 278 g/mol. The Morgan fingerprint density at radius 3 is 2.80 bits per heavy atom. The highest BCUT2D eigenvalue weighted by atomic mass is 19.1. The van der Waals surface area contributed by atoms with E-state index in [0.717, 1.165) is 18.7 Å². The van der Waals surface area contributed by atoms with E-state index in [1.165, 1.54) is 18.4 Å². The van der Waals surface area contributed by atoms with Crippen molar-refractivity contribution >= 4 is 0 Å². The summed E-state index contributed by atoms with van der Waals surface area (Å²) in [5.74, 6) is 0.460. The number of hydrogen-bond acceptors (Lipinski definition) is 2. The highest BCUT2D eigenvalue weighted by molar-refractivity contribution is 5.30. The molecule has 0 aromatic heterocycles. The number of nitrogens with one attached hydrogen (secondary N) is 1. The van der Waals surface area contributed by atoms with Gasteiger partial charge in [-0.05, 0) is 62.5 Å². The number of halogens is 1. The van der Waals surface area contributed by atoms with Crippen LogP contribution in [-0.2, 0) is 0 Å². The number of rotatable bonds is 4. The molecule has 0 aliphatic carbocycles. The Balaban J connectivity index is 2.22. The minimum atomic E-state index is -0.137. The predicted octanol–water partition coefficient (Wildman–Crippen LogP) is 3.52. The highest BCUT2D eigenvalue weighted by Crippen LogP contribution is 2.36. The minimum absolute atomic E-state index is 0.137. The molecule has 1 saturated heterocycles. The van der Waals surface area contributed by atoms with Gasteiger partial charge in [0.25, 0.3) is 0 Å². The number of hydrogen-bond donors (Lipinski definition) is 1. The predicted molar refractivity (Wildman–Crippen MR) is 82.4 cm³/mol. The molecule has 1 aliphatic heterocycles. The molecule has 1 aromatic carbocycles. The van der Waals surface area contributed by atoms with Crippen molar-refractivity contribution in [3.05, 3.63) is 35.1 Å². The molecule has 2 unspecified atom stereocenters. The van der Waals surface area contributed by atoms with Crippen LogP contribution in [0.1, 0.15) is 43.9 Å². The Hall–Kier alpha value is -0.930. The highest BCUT2D eigenvalue weighted by Gasteiger charge is 2.31. The van der Waals surface area contributed by atoms with Crippen LogP contribution in [0.25, 0.3) is 0 Å². The summed E-state index contributed by atoms with van der Waals surface area (Å²) in [6.07, 6.45) is 2.49. The van der Waals surface area contributed by atoms with Crippen molar-refractivity contribution in [3.63, 3.8) is 0 Å². The second-order valence-electron chi connectivity index (χ2n) is 6.39. The normalized spacial score (nSPS) is 24.3. The molecular weight excluding hydrogens is 251 g/mol. The fraction of sp³-hybridized carbons (Fsp3) is 0.647. The smallest absolute Gasteiger partial charge is 0.123 e. The molecule has 3 heteroatoms. The summed E-state index contributed by atoms with van der Waals surface area (Å²) >= 11 is 0. The van der Waals surface area contributed by atoms with Gasteiger partial charge in [-0.25, -0.2) is 4.39 Å². The zero-order chi connectivity index (χ0) is 14.7. The number of aryl methyl sites for hydroxylation is 1. The van der Waals surface area contributed by atoms with Crippen molar-refractivity contribution in [2.75, 3.05) is 20.1 Å². The van der Waals surface area contributed by atoms with Crippen LogP contribution in [0, 0.1) is 18.7 Å². The summed E-state index contributed by atoms with van der Waals surface area (Å²) in [7, 11) is 2.19. The van der Waals surface area contributed by atoms with Crippen LogP contribution >= 0.6 is 0 Å². The van der Waals surface area contributed by atoms with E-state index < -0.39 is 0 Å². The molecule has 0 saturated carbocycles. The van der Waals surface area contributed by atoms with E-state index in [9.17, 15) is 4.39 Å². The molecule has 2 nitrogen and oxygen atoms in total. The van der Waals surface area contributed by atoms with E-state index in [1.54, 1.807) is 12.1 Å².